The summed E-state index contributed by atoms with van der Waals surface area (Å²) < 4.78 is 1.20. The lowest BCUT2D eigenvalue weighted by Gasteiger charge is -2.07. The van der Waals surface area contributed by atoms with Crippen molar-refractivity contribution in [1.29, 1.82) is 0 Å². The molecule has 0 bridgehead atoms. The van der Waals surface area contributed by atoms with Crippen LogP contribution in [0, 0.1) is 13.8 Å². The Morgan fingerprint density at radius 2 is 1.69 bits per heavy atom. The Morgan fingerprint density at radius 3 is 2.46 bits per heavy atom. The number of benzene rings is 2. The zero-order valence-electron chi connectivity index (χ0n) is 7.76. The molecule has 0 aromatic heterocycles. The van der Waals surface area contributed by atoms with E-state index in [0.717, 1.165) is 0 Å². The van der Waals surface area contributed by atoms with Gasteiger partial charge in [0.1, 0.15) is 0 Å². The summed E-state index contributed by atoms with van der Waals surface area (Å²) in [5.41, 5.74) is 2.70. The van der Waals surface area contributed by atoms with E-state index in [0.29, 0.717) is 0 Å². The lowest BCUT2D eigenvalue weighted by atomic mass is 10.0. The molecule has 0 unspecified atom stereocenters. The molecule has 2 aromatic carbocycles. The van der Waals surface area contributed by atoms with Crippen LogP contribution in [0.3, 0.4) is 0 Å². The fourth-order valence-corrected chi connectivity index (χ4v) is 2.13. The van der Waals surface area contributed by atoms with Gasteiger partial charge in [-0.2, -0.15) is 0 Å². The van der Waals surface area contributed by atoms with E-state index >= 15 is 0 Å². The van der Waals surface area contributed by atoms with E-state index in [-0.39, 0.29) is 0 Å². The minimum absolute atomic E-state index is 1.20. The topological polar surface area (TPSA) is 0 Å². The van der Waals surface area contributed by atoms with Crippen molar-refractivity contribution in [3.8, 4) is 0 Å². The maximum atomic E-state index is 3.57. The van der Waals surface area contributed by atoms with Crippen molar-refractivity contribution < 1.29 is 0 Å². The molecule has 1 heteroatoms. The normalized spacial score (nSPS) is 10.7. The Hall–Kier alpha value is -0.820. The third-order valence-corrected chi connectivity index (χ3v) is 3.39. The van der Waals surface area contributed by atoms with Crippen LogP contribution in [-0.4, -0.2) is 0 Å². The predicted molar refractivity (Wildman–Crippen MR) is 61.1 cm³/mol. The summed E-state index contributed by atoms with van der Waals surface area (Å²) in [6, 6.07) is 10.7. The van der Waals surface area contributed by atoms with E-state index in [4.69, 9.17) is 0 Å². The molecule has 13 heavy (non-hydrogen) atoms. The molecule has 0 radical (unpaired) electrons. The molecule has 0 heterocycles. The Kier molecular flexibility index (Phi) is 2.12. The lowest BCUT2D eigenvalue weighted by Crippen LogP contribution is -1.85. The van der Waals surface area contributed by atoms with E-state index in [2.05, 4.69) is 60.1 Å². The molecule has 0 amide bonds. The third-order valence-electron chi connectivity index (χ3n) is 2.57. The summed E-state index contributed by atoms with van der Waals surface area (Å²) in [7, 11) is 0. The average Bonchev–Trinajstić information content (AvgIpc) is 2.15. The van der Waals surface area contributed by atoms with Crippen LogP contribution in [0.1, 0.15) is 11.1 Å². The molecule has 0 saturated carbocycles. The first-order chi connectivity index (χ1) is 6.20. The average molecular weight is 235 g/mol. The fourth-order valence-electron chi connectivity index (χ4n) is 1.59. The van der Waals surface area contributed by atoms with Crippen LogP contribution in [0.25, 0.3) is 10.8 Å². The van der Waals surface area contributed by atoms with E-state index in [1.165, 1.54) is 26.4 Å². The molecular weight excluding hydrogens is 224 g/mol. The van der Waals surface area contributed by atoms with Crippen LogP contribution in [0.2, 0.25) is 0 Å². The molecule has 0 spiro atoms. The van der Waals surface area contributed by atoms with Crippen LogP contribution >= 0.6 is 15.9 Å². The van der Waals surface area contributed by atoms with Gasteiger partial charge in [0.25, 0.3) is 0 Å². The minimum atomic E-state index is 1.20. The SMILES string of the molecule is Cc1c(Br)cc2ccccc2c1C. The third kappa shape index (κ3) is 1.37. The van der Waals surface area contributed by atoms with E-state index in [9.17, 15) is 0 Å². The Labute approximate surface area is 86.7 Å². The summed E-state index contributed by atoms with van der Waals surface area (Å²) >= 11 is 3.57. The largest absolute Gasteiger partial charge is 0.0616 e. The zero-order valence-corrected chi connectivity index (χ0v) is 9.35. The van der Waals surface area contributed by atoms with Crippen molar-refractivity contribution in [1.82, 2.24) is 0 Å². The summed E-state index contributed by atoms with van der Waals surface area (Å²) in [6.07, 6.45) is 0. The number of hydrogen-bond acceptors (Lipinski definition) is 0. The highest BCUT2D eigenvalue weighted by Gasteiger charge is 2.03. The number of fused-ring (bicyclic) bond motifs is 1. The molecule has 0 nitrogen and oxygen atoms in total. The van der Waals surface area contributed by atoms with E-state index in [1.807, 2.05) is 0 Å². The molecule has 0 saturated heterocycles. The van der Waals surface area contributed by atoms with Crippen LogP contribution in [-0.2, 0) is 0 Å². The lowest BCUT2D eigenvalue weighted by molar-refractivity contribution is 1.35. The van der Waals surface area contributed by atoms with Gasteiger partial charge in [0.2, 0.25) is 0 Å². The van der Waals surface area contributed by atoms with Gasteiger partial charge in [-0.25, -0.2) is 0 Å². The summed E-state index contributed by atoms with van der Waals surface area (Å²) in [4.78, 5) is 0. The maximum Gasteiger partial charge on any atom is 0.0213 e. The second kappa shape index (κ2) is 3.15. The van der Waals surface area contributed by atoms with Gasteiger partial charge in [-0.3, -0.25) is 0 Å². The standard InChI is InChI=1S/C12H11Br/c1-8-9(2)12(13)7-10-5-3-4-6-11(8)10/h3-7H,1-2H3. The molecule has 0 N–H and O–H groups in total. The first kappa shape index (κ1) is 8.76. The van der Waals surface area contributed by atoms with Gasteiger partial charge in [-0.05, 0) is 41.8 Å². The van der Waals surface area contributed by atoms with Crippen molar-refractivity contribution in [3.05, 3.63) is 45.9 Å². The molecule has 2 rings (SSSR count). The molecule has 66 valence electrons. The Bertz CT molecular complexity index is 458. The summed E-state index contributed by atoms with van der Waals surface area (Å²) in [5, 5.41) is 2.65. The second-order valence-corrected chi connectivity index (χ2v) is 4.18. The molecule has 0 aliphatic heterocycles. The van der Waals surface area contributed by atoms with Gasteiger partial charge < -0.3 is 0 Å². The quantitative estimate of drug-likeness (QED) is 0.641. The molecule has 0 atom stereocenters. The second-order valence-electron chi connectivity index (χ2n) is 3.33. The first-order valence-electron chi connectivity index (χ1n) is 4.34. The highest BCUT2D eigenvalue weighted by Crippen LogP contribution is 2.27. The van der Waals surface area contributed by atoms with Crippen LogP contribution in [0.4, 0.5) is 0 Å². The van der Waals surface area contributed by atoms with Crippen LogP contribution in [0.5, 0.6) is 0 Å². The van der Waals surface area contributed by atoms with Crippen molar-refractivity contribution in [2.75, 3.05) is 0 Å². The summed E-state index contributed by atoms with van der Waals surface area (Å²) in [5.74, 6) is 0. The Morgan fingerprint density at radius 1 is 1.00 bits per heavy atom. The van der Waals surface area contributed by atoms with Crippen molar-refractivity contribution in [3.63, 3.8) is 0 Å². The van der Waals surface area contributed by atoms with Crippen molar-refractivity contribution in [2.45, 2.75) is 13.8 Å². The zero-order chi connectivity index (χ0) is 9.42. The number of halogens is 1. The molecule has 0 aliphatic carbocycles. The van der Waals surface area contributed by atoms with Gasteiger partial charge in [0.05, 0.1) is 0 Å². The molecule has 2 aromatic rings. The number of rotatable bonds is 0. The van der Waals surface area contributed by atoms with Gasteiger partial charge in [0.15, 0.2) is 0 Å². The van der Waals surface area contributed by atoms with E-state index < -0.39 is 0 Å². The molecule has 0 fully saturated rings. The van der Waals surface area contributed by atoms with Crippen LogP contribution in [0.15, 0.2) is 34.8 Å². The monoisotopic (exact) mass is 234 g/mol. The minimum Gasteiger partial charge on any atom is -0.0616 e. The maximum absolute atomic E-state index is 3.57. The molecular formula is C12H11Br. The highest BCUT2D eigenvalue weighted by atomic mass is 79.9. The molecule has 0 aliphatic rings. The van der Waals surface area contributed by atoms with Crippen molar-refractivity contribution >= 4 is 26.7 Å². The smallest absolute Gasteiger partial charge is 0.0213 e. The van der Waals surface area contributed by atoms with Gasteiger partial charge in [-0.1, -0.05) is 40.2 Å². The first-order valence-corrected chi connectivity index (χ1v) is 5.14. The van der Waals surface area contributed by atoms with Gasteiger partial charge in [-0.15, -0.1) is 0 Å². The number of hydrogen-bond donors (Lipinski definition) is 0. The van der Waals surface area contributed by atoms with E-state index in [1.54, 1.807) is 0 Å². The van der Waals surface area contributed by atoms with Crippen LogP contribution < -0.4 is 0 Å². The fraction of sp³-hybridized carbons (Fsp3) is 0.167. The summed E-state index contributed by atoms with van der Waals surface area (Å²) in [6.45, 7) is 4.31. The highest BCUT2D eigenvalue weighted by molar-refractivity contribution is 9.10. The number of aryl methyl sites for hydroxylation is 1. The van der Waals surface area contributed by atoms with Gasteiger partial charge in [0, 0.05) is 4.47 Å². The van der Waals surface area contributed by atoms with Gasteiger partial charge >= 0.3 is 0 Å². The predicted octanol–water partition coefficient (Wildman–Crippen LogP) is 4.22. The van der Waals surface area contributed by atoms with Crippen molar-refractivity contribution in [2.24, 2.45) is 0 Å². The Balaban J connectivity index is 2.94.